The number of hydrogen-bond acceptors (Lipinski definition) is 3. The van der Waals surface area contributed by atoms with Gasteiger partial charge in [-0.15, -0.1) is 0 Å². The zero-order valence-electron chi connectivity index (χ0n) is 16.1. The van der Waals surface area contributed by atoms with Gasteiger partial charge in [-0.2, -0.15) is 0 Å². The maximum absolute atomic E-state index is 11.7. The molecule has 0 aromatic heterocycles. The molecule has 1 aromatic rings. The Morgan fingerprint density at radius 1 is 1.28 bits per heavy atom. The van der Waals surface area contributed by atoms with E-state index in [4.69, 9.17) is 4.74 Å². The van der Waals surface area contributed by atoms with Crippen LogP contribution in [0, 0.1) is 6.92 Å². The first-order valence-electron chi connectivity index (χ1n) is 8.87. The molecule has 0 aliphatic heterocycles. The molecule has 3 N–H and O–H groups in total. The number of amides is 1. The lowest BCUT2D eigenvalue weighted by atomic mass is 10.1. The summed E-state index contributed by atoms with van der Waals surface area (Å²) in [7, 11) is 3.41. The molecular formula is C19H32N4O2. The van der Waals surface area contributed by atoms with Gasteiger partial charge in [-0.05, 0) is 43.9 Å². The zero-order valence-corrected chi connectivity index (χ0v) is 16.1. The summed E-state index contributed by atoms with van der Waals surface area (Å²) in [4.78, 5) is 15.9. The summed E-state index contributed by atoms with van der Waals surface area (Å²) in [5.41, 5.74) is 2.34. The summed E-state index contributed by atoms with van der Waals surface area (Å²) >= 11 is 0. The van der Waals surface area contributed by atoms with Gasteiger partial charge in [0.05, 0.1) is 7.11 Å². The Morgan fingerprint density at radius 2 is 2.00 bits per heavy atom. The van der Waals surface area contributed by atoms with Crippen LogP contribution in [0.4, 0.5) is 0 Å². The summed E-state index contributed by atoms with van der Waals surface area (Å²) in [6.45, 7) is 7.40. The van der Waals surface area contributed by atoms with Gasteiger partial charge < -0.3 is 20.7 Å². The minimum Gasteiger partial charge on any atom is -0.496 e. The molecule has 1 aromatic carbocycles. The minimum atomic E-state index is 0.0593. The summed E-state index contributed by atoms with van der Waals surface area (Å²) < 4.78 is 5.35. The Balaban J connectivity index is 2.31. The number of benzene rings is 1. The Bertz CT molecular complexity index is 573. The normalized spacial score (nSPS) is 12.4. The van der Waals surface area contributed by atoms with E-state index in [1.165, 1.54) is 5.56 Å². The van der Waals surface area contributed by atoms with Crippen molar-refractivity contribution in [1.82, 2.24) is 16.0 Å². The Kier molecular flexibility index (Phi) is 9.43. The molecule has 0 bridgehead atoms. The molecule has 1 atom stereocenters. The van der Waals surface area contributed by atoms with Crippen molar-refractivity contribution in [1.29, 1.82) is 0 Å². The second kappa shape index (κ2) is 11.3. The van der Waals surface area contributed by atoms with Crippen LogP contribution in [-0.2, 0) is 11.2 Å². The molecule has 25 heavy (non-hydrogen) atoms. The molecule has 1 unspecified atom stereocenters. The molecule has 0 saturated heterocycles. The van der Waals surface area contributed by atoms with Gasteiger partial charge in [-0.1, -0.05) is 19.1 Å². The number of aryl methyl sites for hydroxylation is 1. The highest BCUT2D eigenvalue weighted by molar-refractivity contribution is 5.81. The molecule has 0 saturated carbocycles. The van der Waals surface area contributed by atoms with Gasteiger partial charge in [0.1, 0.15) is 5.75 Å². The fraction of sp³-hybridized carbons (Fsp3) is 0.579. The average Bonchev–Trinajstić information content (AvgIpc) is 2.61. The van der Waals surface area contributed by atoms with E-state index in [-0.39, 0.29) is 11.9 Å². The number of methoxy groups -OCH3 is 1. The van der Waals surface area contributed by atoms with Gasteiger partial charge in [-0.3, -0.25) is 9.79 Å². The number of carbonyl (C=O) groups excluding carboxylic acids is 1. The third-order valence-electron chi connectivity index (χ3n) is 4.07. The summed E-state index contributed by atoms with van der Waals surface area (Å²) in [6, 6.07) is 6.45. The highest BCUT2D eigenvalue weighted by Gasteiger charge is 2.06. The molecule has 140 valence electrons. The van der Waals surface area contributed by atoms with Crippen LogP contribution in [0.3, 0.4) is 0 Å². The first kappa shape index (κ1) is 20.8. The molecule has 1 amide bonds. The smallest absolute Gasteiger partial charge is 0.221 e. The Labute approximate surface area is 151 Å². The topological polar surface area (TPSA) is 74.8 Å². The van der Waals surface area contributed by atoms with Crippen molar-refractivity contribution in [3.63, 3.8) is 0 Å². The van der Waals surface area contributed by atoms with Gasteiger partial charge in [-0.25, -0.2) is 0 Å². The second-order valence-electron chi connectivity index (χ2n) is 6.11. The largest absolute Gasteiger partial charge is 0.496 e. The van der Waals surface area contributed by atoms with E-state index in [1.807, 2.05) is 13.8 Å². The van der Waals surface area contributed by atoms with Crippen LogP contribution in [0.5, 0.6) is 5.75 Å². The van der Waals surface area contributed by atoms with Crippen LogP contribution in [0.15, 0.2) is 23.2 Å². The van der Waals surface area contributed by atoms with E-state index in [0.717, 1.165) is 30.7 Å². The van der Waals surface area contributed by atoms with Crippen molar-refractivity contribution in [2.45, 2.75) is 46.1 Å². The van der Waals surface area contributed by atoms with Crippen molar-refractivity contribution < 1.29 is 9.53 Å². The highest BCUT2D eigenvalue weighted by atomic mass is 16.5. The predicted octanol–water partition coefficient (Wildman–Crippen LogP) is 2.02. The van der Waals surface area contributed by atoms with E-state index < -0.39 is 0 Å². The fourth-order valence-electron chi connectivity index (χ4n) is 2.31. The van der Waals surface area contributed by atoms with Crippen molar-refractivity contribution in [2.75, 3.05) is 27.2 Å². The highest BCUT2D eigenvalue weighted by Crippen LogP contribution is 2.18. The van der Waals surface area contributed by atoms with Crippen molar-refractivity contribution in [3.8, 4) is 5.75 Å². The molecule has 6 nitrogen and oxygen atoms in total. The van der Waals surface area contributed by atoms with Gasteiger partial charge in [0.25, 0.3) is 0 Å². The van der Waals surface area contributed by atoms with Crippen molar-refractivity contribution in [2.24, 2.45) is 4.99 Å². The Morgan fingerprint density at radius 3 is 2.64 bits per heavy atom. The van der Waals surface area contributed by atoms with Crippen LogP contribution < -0.4 is 20.7 Å². The monoisotopic (exact) mass is 348 g/mol. The summed E-state index contributed by atoms with van der Waals surface area (Å²) in [6.07, 6.45) is 2.23. The number of carbonyl (C=O) groups is 1. The van der Waals surface area contributed by atoms with Gasteiger partial charge in [0.2, 0.25) is 5.91 Å². The van der Waals surface area contributed by atoms with E-state index >= 15 is 0 Å². The van der Waals surface area contributed by atoms with E-state index in [9.17, 15) is 4.79 Å². The molecule has 6 heteroatoms. The lowest BCUT2D eigenvalue weighted by Gasteiger charge is -2.14. The first-order valence-corrected chi connectivity index (χ1v) is 8.87. The van der Waals surface area contributed by atoms with E-state index in [0.29, 0.717) is 18.9 Å². The molecule has 0 spiro atoms. The lowest BCUT2D eigenvalue weighted by Crippen LogP contribution is -2.41. The van der Waals surface area contributed by atoms with Gasteiger partial charge in [0, 0.05) is 32.6 Å². The van der Waals surface area contributed by atoms with E-state index in [2.05, 4.69) is 46.1 Å². The molecule has 0 aliphatic rings. The number of aliphatic imine (C=N–C) groups is 1. The number of nitrogens with one attached hydrogen (secondary N) is 3. The minimum absolute atomic E-state index is 0.0593. The van der Waals surface area contributed by atoms with E-state index in [1.54, 1.807) is 14.2 Å². The number of ether oxygens (including phenoxy) is 1. The molecule has 0 fully saturated rings. The van der Waals surface area contributed by atoms with Crippen LogP contribution in [0.2, 0.25) is 0 Å². The summed E-state index contributed by atoms with van der Waals surface area (Å²) in [5, 5.41) is 9.38. The molecule has 0 radical (unpaired) electrons. The number of hydrogen-bond donors (Lipinski definition) is 3. The zero-order chi connectivity index (χ0) is 18.7. The van der Waals surface area contributed by atoms with Crippen LogP contribution in [0.25, 0.3) is 0 Å². The number of guanidine groups is 1. The summed E-state index contributed by atoms with van der Waals surface area (Å²) in [5.74, 6) is 1.67. The van der Waals surface area contributed by atoms with Crippen molar-refractivity contribution >= 4 is 11.9 Å². The first-order chi connectivity index (χ1) is 12.0. The van der Waals surface area contributed by atoms with Gasteiger partial charge >= 0.3 is 0 Å². The lowest BCUT2D eigenvalue weighted by molar-refractivity contribution is -0.121. The quantitative estimate of drug-likeness (QED) is 0.471. The maximum Gasteiger partial charge on any atom is 0.221 e. The maximum atomic E-state index is 11.7. The van der Waals surface area contributed by atoms with Crippen LogP contribution in [0.1, 0.15) is 37.8 Å². The van der Waals surface area contributed by atoms with Crippen LogP contribution in [-0.4, -0.2) is 45.2 Å². The number of rotatable bonds is 9. The second-order valence-corrected chi connectivity index (χ2v) is 6.11. The van der Waals surface area contributed by atoms with Crippen LogP contribution >= 0.6 is 0 Å². The molecule has 0 heterocycles. The fourth-order valence-corrected chi connectivity index (χ4v) is 2.31. The number of nitrogens with zero attached hydrogens (tertiary/aromatic N) is 1. The Hall–Kier alpha value is -2.24. The molecular weight excluding hydrogens is 316 g/mol. The molecule has 1 rings (SSSR count). The van der Waals surface area contributed by atoms with Gasteiger partial charge in [0.15, 0.2) is 5.96 Å². The SMILES string of the molecule is CCC(C)NC(=O)CCNC(=NC)NCCc1ccc(C)c(OC)c1. The third kappa shape index (κ3) is 7.92. The average molecular weight is 348 g/mol. The van der Waals surface area contributed by atoms with Crippen molar-refractivity contribution in [3.05, 3.63) is 29.3 Å². The molecule has 0 aliphatic carbocycles. The standard InChI is InChI=1S/C19H32N4O2/c1-6-15(3)23-18(24)10-12-22-19(20-4)21-11-9-16-8-7-14(2)17(13-16)25-5/h7-8,13,15H,6,9-12H2,1-5H3,(H,23,24)(H2,20,21,22). The predicted molar refractivity (Wildman–Crippen MR) is 103 cm³/mol. The third-order valence-corrected chi connectivity index (χ3v) is 4.07.